The first kappa shape index (κ1) is 15.9. The summed E-state index contributed by atoms with van der Waals surface area (Å²) in [7, 11) is 0. The number of nitrogens with one attached hydrogen (secondary N) is 3. The van der Waals surface area contributed by atoms with Gasteiger partial charge in [0.25, 0.3) is 0 Å². The monoisotopic (exact) mass is 340 g/mol. The molecule has 0 bridgehead atoms. The van der Waals surface area contributed by atoms with Crippen molar-refractivity contribution in [2.45, 2.75) is 12.5 Å². The summed E-state index contributed by atoms with van der Waals surface area (Å²) in [4.78, 5) is 18.2. The van der Waals surface area contributed by atoms with E-state index in [1.54, 1.807) is 6.20 Å². The predicted octanol–water partition coefficient (Wildman–Crippen LogP) is 2.55. The highest BCUT2D eigenvalue weighted by Crippen LogP contribution is 2.18. The minimum Gasteiger partial charge on any atom is -0.480 e. The van der Waals surface area contributed by atoms with Gasteiger partial charge in [-0.15, -0.1) is 0 Å². The van der Waals surface area contributed by atoms with Crippen LogP contribution in [0.3, 0.4) is 0 Å². The third kappa shape index (κ3) is 3.88. The lowest BCUT2D eigenvalue weighted by Gasteiger charge is -2.16. The van der Waals surface area contributed by atoms with Crippen molar-refractivity contribution in [3.8, 4) is 0 Å². The van der Waals surface area contributed by atoms with Gasteiger partial charge in [0, 0.05) is 18.3 Å². The van der Waals surface area contributed by atoms with Gasteiger partial charge in [-0.05, 0) is 35.1 Å². The van der Waals surface area contributed by atoms with Crippen molar-refractivity contribution in [1.29, 1.82) is 0 Å². The quantitative estimate of drug-likeness (QED) is 0.534. The molecule has 4 N–H and O–H groups in total. The summed E-state index contributed by atoms with van der Waals surface area (Å²) in [6.07, 6.45) is 3.41. The first-order valence-corrected chi connectivity index (χ1v) is 7.79. The van der Waals surface area contributed by atoms with Crippen LogP contribution in [0.2, 0.25) is 0 Å². The topological polar surface area (TPSA) is 90.0 Å². The standard InChI is InChI=1S/C17H16N4O2S/c22-16(23)15(8-14-9-18-10-19-14)21-17(24)20-13-6-5-11-3-1-2-4-12(11)7-13/h1-7,9-10,15H,8H2,(H,18,19)(H,22,23)(H2,20,21,24). The molecule has 1 aromatic heterocycles. The molecule has 0 amide bonds. The Balaban J connectivity index is 1.67. The Morgan fingerprint density at radius 1 is 1.25 bits per heavy atom. The summed E-state index contributed by atoms with van der Waals surface area (Å²) in [5.74, 6) is -0.985. The molecule has 0 aliphatic rings. The maximum atomic E-state index is 11.4. The van der Waals surface area contributed by atoms with E-state index in [1.807, 2.05) is 42.5 Å². The zero-order valence-electron chi connectivity index (χ0n) is 12.7. The number of thiocarbonyl (C=S) groups is 1. The maximum absolute atomic E-state index is 11.4. The number of hydrogen-bond acceptors (Lipinski definition) is 3. The molecule has 0 aliphatic heterocycles. The number of nitrogens with zero attached hydrogens (tertiary/aromatic N) is 1. The number of carbonyl (C=O) groups is 1. The molecular formula is C17H16N4O2S. The second kappa shape index (κ2) is 7.10. The van der Waals surface area contributed by atoms with Crippen LogP contribution < -0.4 is 10.6 Å². The summed E-state index contributed by atoms with van der Waals surface area (Å²) in [5.41, 5.74) is 1.46. The SMILES string of the molecule is O=C(O)C(Cc1c[nH]cn1)NC(=S)Nc1ccc2ccccc2c1. The minimum atomic E-state index is -0.985. The number of benzene rings is 2. The van der Waals surface area contributed by atoms with Crippen molar-refractivity contribution < 1.29 is 9.90 Å². The molecule has 0 saturated heterocycles. The van der Waals surface area contributed by atoms with Gasteiger partial charge in [0.1, 0.15) is 6.04 Å². The molecule has 6 nitrogen and oxygen atoms in total. The van der Waals surface area contributed by atoms with Crippen LogP contribution in [-0.4, -0.2) is 32.2 Å². The number of aliphatic carboxylic acids is 1. The molecule has 0 aliphatic carbocycles. The van der Waals surface area contributed by atoms with Gasteiger partial charge < -0.3 is 20.7 Å². The molecule has 7 heteroatoms. The number of anilines is 1. The average molecular weight is 340 g/mol. The number of fused-ring (bicyclic) bond motifs is 1. The Kier molecular flexibility index (Phi) is 4.72. The number of aromatic nitrogens is 2. The Morgan fingerprint density at radius 3 is 2.75 bits per heavy atom. The van der Waals surface area contributed by atoms with Gasteiger partial charge in [-0.25, -0.2) is 9.78 Å². The van der Waals surface area contributed by atoms with E-state index in [2.05, 4.69) is 20.6 Å². The van der Waals surface area contributed by atoms with Gasteiger partial charge in [0.05, 0.1) is 12.0 Å². The Bertz CT molecular complexity index is 864. The van der Waals surface area contributed by atoms with Crippen LogP contribution in [0.5, 0.6) is 0 Å². The minimum absolute atomic E-state index is 0.234. The van der Waals surface area contributed by atoms with E-state index in [1.165, 1.54) is 6.33 Å². The van der Waals surface area contributed by atoms with Crippen molar-refractivity contribution in [2.24, 2.45) is 0 Å². The van der Waals surface area contributed by atoms with Gasteiger partial charge in [0.2, 0.25) is 0 Å². The zero-order chi connectivity index (χ0) is 16.9. The van der Waals surface area contributed by atoms with Crippen LogP contribution in [0.1, 0.15) is 5.69 Å². The molecule has 24 heavy (non-hydrogen) atoms. The summed E-state index contributed by atoms with van der Waals surface area (Å²) in [6.45, 7) is 0. The lowest BCUT2D eigenvalue weighted by molar-refractivity contribution is -0.139. The fourth-order valence-corrected chi connectivity index (χ4v) is 2.66. The summed E-state index contributed by atoms with van der Waals surface area (Å²) in [6, 6.07) is 13.0. The summed E-state index contributed by atoms with van der Waals surface area (Å²) < 4.78 is 0. The van der Waals surface area contributed by atoms with Crippen molar-refractivity contribution in [3.63, 3.8) is 0 Å². The fourth-order valence-electron chi connectivity index (χ4n) is 2.40. The second-order valence-corrected chi connectivity index (χ2v) is 5.72. The van der Waals surface area contributed by atoms with Crippen molar-refractivity contribution in [3.05, 3.63) is 60.7 Å². The molecule has 0 radical (unpaired) electrons. The molecule has 1 unspecified atom stereocenters. The predicted molar refractivity (Wildman–Crippen MR) is 97.0 cm³/mol. The van der Waals surface area contributed by atoms with Crippen molar-refractivity contribution >= 4 is 39.8 Å². The van der Waals surface area contributed by atoms with Crippen molar-refractivity contribution in [2.75, 3.05) is 5.32 Å². The largest absolute Gasteiger partial charge is 0.480 e. The van der Waals surface area contributed by atoms with E-state index >= 15 is 0 Å². The molecule has 3 aromatic rings. The van der Waals surface area contributed by atoms with Crippen LogP contribution in [0.15, 0.2) is 55.0 Å². The van der Waals surface area contributed by atoms with Crippen LogP contribution in [-0.2, 0) is 11.2 Å². The Morgan fingerprint density at radius 2 is 2.04 bits per heavy atom. The first-order chi connectivity index (χ1) is 11.6. The number of imidazole rings is 1. The molecule has 0 saturated carbocycles. The van der Waals surface area contributed by atoms with E-state index in [4.69, 9.17) is 12.2 Å². The highest BCUT2D eigenvalue weighted by Gasteiger charge is 2.19. The maximum Gasteiger partial charge on any atom is 0.326 e. The third-order valence-electron chi connectivity index (χ3n) is 3.58. The molecule has 2 aromatic carbocycles. The number of aromatic amines is 1. The van der Waals surface area contributed by atoms with Crippen LogP contribution >= 0.6 is 12.2 Å². The van der Waals surface area contributed by atoms with E-state index in [0.29, 0.717) is 5.69 Å². The first-order valence-electron chi connectivity index (χ1n) is 7.38. The number of carboxylic acid groups (broad SMARTS) is 1. The lowest BCUT2D eigenvalue weighted by Crippen LogP contribution is -2.44. The smallest absolute Gasteiger partial charge is 0.326 e. The van der Waals surface area contributed by atoms with Crippen LogP contribution in [0.4, 0.5) is 5.69 Å². The van der Waals surface area contributed by atoms with E-state index in [-0.39, 0.29) is 11.5 Å². The van der Waals surface area contributed by atoms with Crippen LogP contribution in [0.25, 0.3) is 10.8 Å². The Hall–Kier alpha value is -2.93. The zero-order valence-corrected chi connectivity index (χ0v) is 13.5. The molecular weight excluding hydrogens is 324 g/mol. The molecule has 0 fully saturated rings. The number of rotatable bonds is 5. The fraction of sp³-hybridized carbons (Fsp3) is 0.118. The van der Waals surface area contributed by atoms with E-state index in [9.17, 15) is 9.90 Å². The molecule has 1 heterocycles. The molecule has 3 rings (SSSR count). The van der Waals surface area contributed by atoms with E-state index < -0.39 is 12.0 Å². The number of H-pyrrole nitrogens is 1. The van der Waals surface area contributed by atoms with Crippen molar-refractivity contribution in [1.82, 2.24) is 15.3 Å². The summed E-state index contributed by atoms with van der Waals surface area (Å²) >= 11 is 5.24. The van der Waals surface area contributed by atoms with Crippen LogP contribution in [0, 0.1) is 0 Å². The van der Waals surface area contributed by atoms with Gasteiger partial charge >= 0.3 is 5.97 Å². The molecule has 1 atom stereocenters. The normalized spacial score (nSPS) is 11.8. The molecule has 122 valence electrons. The second-order valence-electron chi connectivity index (χ2n) is 5.32. The summed E-state index contributed by atoms with van der Waals surface area (Å²) in [5, 5.41) is 17.7. The van der Waals surface area contributed by atoms with Gasteiger partial charge in [0.15, 0.2) is 5.11 Å². The molecule has 0 spiro atoms. The lowest BCUT2D eigenvalue weighted by atomic mass is 10.1. The van der Waals surface area contributed by atoms with Gasteiger partial charge in [-0.3, -0.25) is 0 Å². The third-order valence-corrected chi connectivity index (χ3v) is 3.80. The van der Waals surface area contributed by atoms with E-state index in [0.717, 1.165) is 16.5 Å². The van der Waals surface area contributed by atoms with Gasteiger partial charge in [-0.2, -0.15) is 0 Å². The highest BCUT2D eigenvalue weighted by molar-refractivity contribution is 7.80. The average Bonchev–Trinajstić information content (AvgIpc) is 3.07. The number of hydrogen-bond donors (Lipinski definition) is 4. The Labute approximate surface area is 143 Å². The highest BCUT2D eigenvalue weighted by atomic mass is 32.1. The van der Waals surface area contributed by atoms with Gasteiger partial charge in [-0.1, -0.05) is 30.3 Å². The number of carboxylic acids is 1.